The van der Waals surface area contributed by atoms with Crippen LogP contribution in [-0.4, -0.2) is 14.2 Å². The zero-order chi connectivity index (χ0) is 19.9. The molecule has 6 heteroatoms. The zero-order valence-corrected chi connectivity index (χ0v) is 17.4. The minimum atomic E-state index is -3.93. The molecular weight excluding hydrogens is 438 g/mol. The molecule has 0 saturated heterocycles. The van der Waals surface area contributed by atoms with Gasteiger partial charge in [-0.1, -0.05) is 57.9 Å². The number of sulfone groups is 1. The molecule has 0 N–H and O–H groups in total. The molecule has 1 heterocycles. The van der Waals surface area contributed by atoms with E-state index in [0.717, 1.165) is 15.7 Å². The molecule has 140 valence electrons. The van der Waals surface area contributed by atoms with Gasteiger partial charge in [-0.15, -0.1) is 0 Å². The average Bonchev–Trinajstić information content (AvgIpc) is 2.69. The summed E-state index contributed by atoms with van der Waals surface area (Å²) in [4.78, 5) is 14.7. The number of nitrogens with zero attached hydrogens (tertiary/aromatic N) is 1. The second-order valence-corrected chi connectivity index (χ2v) is 9.31. The number of ketones is 1. The van der Waals surface area contributed by atoms with E-state index in [1.54, 1.807) is 47.4 Å². The van der Waals surface area contributed by atoms with Crippen molar-refractivity contribution in [3.63, 3.8) is 0 Å². The van der Waals surface area contributed by atoms with Crippen LogP contribution in [0.25, 0.3) is 0 Å². The average molecular weight is 454 g/mol. The van der Waals surface area contributed by atoms with Crippen LogP contribution in [0.5, 0.6) is 0 Å². The fraction of sp³-hybridized carbons (Fsp3) is 0.0455. The Labute approximate surface area is 172 Å². The van der Waals surface area contributed by atoms with Gasteiger partial charge in [0.2, 0.25) is 15.6 Å². The van der Waals surface area contributed by atoms with Gasteiger partial charge in [0.25, 0.3) is 0 Å². The summed E-state index contributed by atoms with van der Waals surface area (Å²) in [7, 11) is -3.93. The number of hydrogen-bond acceptors (Lipinski definition) is 4. The second kappa shape index (κ2) is 7.04. The highest BCUT2D eigenvalue weighted by molar-refractivity contribution is 9.10. The van der Waals surface area contributed by atoms with Gasteiger partial charge in [0.05, 0.1) is 10.6 Å². The van der Waals surface area contributed by atoms with Crippen molar-refractivity contribution in [2.24, 2.45) is 0 Å². The van der Waals surface area contributed by atoms with Crippen molar-refractivity contribution in [2.75, 3.05) is 4.90 Å². The molecule has 0 atom stereocenters. The molecule has 0 aromatic heterocycles. The number of rotatable bonds is 3. The molecule has 0 aliphatic carbocycles. The van der Waals surface area contributed by atoms with E-state index in [1.165, 1.54) is 12.3 Å². The summed E-state index contributed by atoms with van der Waals surface area (Å²) in [6.07, 6.45) is 1.42. The smallest absolute Gasteiger partial charge is 0.214 e. The number of carbonyl (C=O) groups excluding carboxylic acids is 1. The zero-order valence-electron chi connectivity index (χ0n) is 15.0. The summed E-state index contributed by atoms with van der Waals surface area (Å²) in [6.45, 7) is 1.91. The molecule has 0 fully saturated rings. The minimum Gasteiger partial charge on any atom is -0.314 e. The van der Waals surface area contributed by atoms with Crippen molar-refractivity contribution in [2.45, 2.75) is 11.8 Å². The van der Waals surface area contributed by atoms with Gasteiger partial charge < -0.3 is 4.90 Å². The molecule has 0 bridgehead atoms. The number of anilines is 2. The SMILES string of the molecule is Cc1ccc(C(=O)C2=CN(c3ccc(Br)cc3)c3ccccc3S2(=O)=O)cc1. The third kappa shape index (κ3) is 3.19. The first-order valence-electron chi connectivity index (χ1n) is 8.60. The van der Waals surface area contributed by atoms with Gasteiger partial charge >= 0.3 is 0 Å². The monoisotopic (exact) mass is 453 g/mol. The Morgan fingerprint density at radius 1 is 0.893 bits per heavy atom. The maximum atomic E-state index is 13.2. The van der Waals surface area contributed by atoms with E-state index in [9.17, 15) is 13.2 Å². The van der Waals surface area contributed by atoms with Crippen molar-refractivity contribution < 1.29 is 13.2 Å². The number of allylic oxidation sites excluding steroid dienone is 1. The number of carbonyl (C=O) groups is 1. The lowest BCUT2D eigenvalue weighted by Gasteiger charge is -2.28. The van der Waals surface area contributed by atoms with Crippen molar-refractivity contribution >= 4 is 42.9 Å². The van der Waals surface area contributed by atoms with Gasteiger partial charge in [0.15, 0.2) is 0 Å². The predicted octanol–water partition coefficient (Wildman–Crippen LogP) is 5.41. The molecule has 3 aromatic rings. The number of aryl methyl sites for hydroxylation is 1. The van der Waals surface area contributed by atoms with Crippen molar-refractivity contribution in [1.82, 2.24) is 0 Å². The van der Waals surface area contributed by atoms with Crippen LogP contribution < -0.4 is 4.90 Å². The summed E-state index contributed by atoms with van der Waals surface area (Å²) in [5, 5.41) is 0. The number of benzene rings is 3. The topological polar surface area (TPSA) is 54.5 Å². The highest BCUT2D eigenvalue weighted by Crippen LogP contribution is 2.40. The molecule has 1 aliphatic rings. The quantitative estimate of drug-likeness (QED) is 0.497. The van der Waals surface area contributed by atoms with Gasteiger partial charge in [0.1, 0.15) is 4.91 Å². The summed E-state index contributed by atoms with van der Waals surface area (Å²) in [5.74, 6) is -0.517. The molecule has 0 unspecified atom stereocenters. The lowest BCUT2D eigenvalue weighted by atomic mass is 10.1. The van der Waals surface area contributed by atoms with Crippen LogP contribution in [0.3, 0.4) is 0 Å². The van der Waals surface area contributed by atoms with Gasteiger partial charge in [-0.3, -0.25) is 4.79 Å². The van der Waals surface area contributed by atoms with Crippen LogP contribution in [0.15, 0.2) is 93.3 Å². The highest BCUT2D eigenvalue weighted by Gasteiger charge is 2.35. The maximum Gasteiger partial charge on any atom is 0.214 e. The largest absolute Gasteiger partial charge is 0.314 e. The van der Waals surface area contributed by atoms with Crippen molar-refractivity contribution in [3.05, 3.63) is 99.5 Å². The summed E-state index contributed by atoms with van der Waals surface area (Å²) < 4.78 is 27.3. The van der Waals surface area contributed by atoms with E-state index in [0.29, 0.717) is 11.3 Å². The van der Waals surface area contributed by atoms with E-state index in [2.05, 4.69) is 15.9 Å². The Hall–Kier alpha value is -2.70. The number of fused-ring (bicyclic) bond motifs is 1. The lowest BCUT2D eigenvalue weighted by molar-refractivity contribution is 0.104. The molecule has 28 heavy (non-hydrogen) atoms. The van der Waals surface area contributed by atoms with Crippen LogP contribution in [0.4, 0.5) is 11.4 Å². The van der Waals surface area contributed by atoms with E-state index < -0.39 is 15.6 Å². The molecule has 0 saturated carbocycles. The predicted molar refractivity (Wildman–Crippen MR) is 114 cm³/mol. The fourth-order valence-electron chi connectivity index (χ4n) is 3.10. The summed E-state index contributed by atoms with van der Waals surface area (Å²) in [5.41, 5.74) is 2.62. The van der Waals surface area contributed by atoms with Gasteiger partial charge in [-0.05, 0) is 43.3 Å². The Balaban J connectivity index is 1.90. The summed E-state index contributed by atoms with van der Waals surface area (Å²) >= 11 is 3.41. The van der Waals surface area contributed by atoms with E-state index in [1.807, 2.05) is 31.2 Å². The molecule has 3 aromatic carbocycles. The van der Waals surface area contributed by atoms with Crippen molar-refractivity contribution in [1.29, 1.82) is 0 Å². The minimum absolute atomic E-state index is 0.121. The number of halogens is 1. The Morgan fingerprint density at radius 3 is 2.21 bits per heavy atom. The molecule has 4 rings (SSSR count). The Morgan fingerprint density at radius 2 is 1.54 bits per heavy atom. The summed E-state index contributed by atoms with van der Waals surface area (Å²) in [6, 6.07) is 21.1. The first-order chi connectivity index (χ1) is 13.4. The molecule has 0 amide bonds. The number of Topliss-reactive ketones (excluding diaryl/α,β-unsaturated/α-hetero) is 1. The van der Waals surface area contributed by atoms with Crippen LogP contribution in [0.1, 0.15) is 15.9 Å². The fourth-order valence-corrected chi connectivity index (χ4v) is 4.91. The van der Waals surface area contributed by atoms with Gasteiger partial charge in [0, 0.05) is 21.9 Å². The first-order valence-corrected chi connectivity index (χ1v) is 10.9. The standard InChI is InChI=1S/C22H16BrNO3S/c1-15-6-8-16(9-7-15)22(25)21-14-24(18-12-10-17(23)11-13-18)19-4-2-3-5-20(19)28(21,26)27/h2-14H,1H3. The lowest BCUT2D eigenvalue weighted by Crippen LogP contribution is -2.25. The highest BCUT2D eigenvalue weighted by atomic mass is 79.9. The van der Waals surface area contributed by atoms with Gasteiger partial charge in [-0.25, -0.2) is 8.42 Å². The van der Waals surface area contributed by atoms with Crippen LogP contribution in [-0.2, 0) is 9.84 Å². The second-order valence-electron chi connectivity index (χ2n) is 6.51. The number of para-hydroxylation sites is 1. The normalized spacial score (nSPS) is 14.9. The van der Waals surface area contributed by atoms with E-state index in [-0.39, 0.29) is 9.80 Å². The molecule has 4 nitrogen and oxygen atoms in total. The molecule has 0 radical (unpaired) electrons. The van der Waals surface area contributed by atoms with Crippen LogP contribution >= 0.6 is 15.9 Å². The number of hydrogen-bond donors (Lipinski definition) is 0. The maximum absolute atomic E-state index is 13.2. The molecule has 1 aliphatic heterocycles. The third-order valence-electron chi connectivity index (χ3n) is 4.59. The molecule has 0 spiro atoms. The Bertz CT molecular complexity index is 1200. The first kappa shape index (κ1) is 18.7. The van der Waals surface area contributed by atoms with Crippen LogP contribution in [0, 0.1) is 6.92 Å². The van der Waals surface area contributed by atoms with Crippen molar-refractivity contribution in [3.8, 4) is 0 Å². The van der Waals surface area contributed by atoms with Gasteiger partial charge in [-0.2, -0.15) is 0 Å². The third-order valence-corrected chi connectivity index (χ3v) is 6.92. The Kier molecular flexibility index (Phi) is 4.69. The van der Waals surface area contributed by atoms with Crippen LogP contribution in [0.2, 0.25) is 0 Å². The van der Waals surface area contributed by atoms with E-state index >= 15 is 0 Å². The van der Waals surface area contributed by atoms with E-state index in [4.69, 9.17) is 0 Å². The molecular formula is C22H16BrNO3S.